The van der Waals surface area contributed by atoms with Gasteiger partial charge in [0.15, 0.2) is 11.6 Å². The van der Waals surface area contributed by atoms with Crippen molar-refractivity contribution >= 4 is 28.7 Å². The van der Waals surface area contributed by atoms with Crippen LogP contribution in [0.15, 0.2) is 54.9 Å². The molecule has 0 amide bonds. The van der Waals surface area contributed by atoms with E-state index in [1.807, 2.05) is 0 Å². The summed E-state index contributed by atoms with van der Waals surface area (Å²) in [5.74, 6) is 1.47. The highest BCUT2D eigenvalue weighted by Crippen LogP contribution is 2.36. The van der Waals surface area contributed by atoms with Crippen molar-refractivity contribution in [1.29, 1.82) is 0 Å². The summed E-state index contributed by atoms with van der Waals surface area (Å²) in [6, 6.07) is 16.7. The van der Waals surface area contributed by atoms with Gasteiger partial charge in [-0.2, -0.15) is 0 Å². The third-order valence-electron chi connectivity index (χ3n) is 4.61. The zero-order valence-electron chi connectivity index (χ0n) is 16.5. The lowest BCUT2D eigenvalue weighted by molar-refractivity contribution is 0.948. The summed E-state index contributed by atoms with van der Waals surface area (Å²) < 4.78 is 0. The summed E-state index contributed by atoms with van der Waals surface area (Å²) in [5.41, 5.74) is 11.7. The minimum atomic E-state index is 0.587. The molecule has 0 spiro atoms. The Hall–Kier alpha value is -3.08. The van der Waals surface area contributed by atoms with E-state index >= 15 is 0 Å². The van der Waals surface area contributed by atoms with Gasteiger partial charge in [-0.15, -0.1) is 0 Å². The van der Waals surface area contributed by atoms with Crippen LogP contribution in [-0.2, 0) is 0 Å². The van der Waals surface area contributed by atoms with Crippen LogP contribution in [0.5, 0.6) is 0 Å². The van der Waals surface area contributed by atoms with E-state index in [0.717, 1.165) is 36.1 Å². The normalized spacial score (nSPS) is 10.7. The molecule has 3 aromatic rings. The van der Waals surface area contributed by atoms with Crippen molar-refractivity contribution in [3.8, 4) is 0 Å². The standard InChI is InChI=1S/C22H27N5/c1-5-26(18-11-7-9-16(3)13-18)21-20(23)22(25-15-24-21)27(6-2)19-12-8-10-17(4)14-19/h7-15H,5-6,23H2,1-4H3. The van der Waals surface area contributed by atoms with Crippen molar-refractivity contribution in [2.75, 3.05) is 28.6 Å². The highest BCUT2D eigenvalue weighted by atomic mass is 15.3. The lowest BCUT2D eigenvalue weighted by Gasteiger charge is -2.28. The van der Waals surface area contributed by atoms with Gasteiger partial charge >= 0.3 is 0 Å². The number of aromatic nitrogens is 2. The fourth-order valence-corrected chi connectivity index (χ4v) is 3.31. The number of benzene rings is 2. The van der Waals surface area contributed by atoms with E-state index in [-0.39, 0.29) is 0 Å². The summed E-state index contributed by atoms with van der Waals surface area (Å²) in [6.45, 7) is 9.90. The van der Waals surface area contributed by atoms with Gasteiger partial charge in [-0.1, -0.05) is 24.3 Å². The van der Waals surface area contributed by atoms with Crippen LogP contribution in [0.25, 0.3) is 0 Å². The Bertz CT molecular complexity index is 850. The number of hydrogen-bond acceptors (Lipinski definition) is 5. The fraction of sp³-hybridized carbons (Fsp3) is 0.273. The summed E-state index contributed by atoms with van der Waals surface area (Å²) in [6.07, 6.45) is 1.60. The molecule has 0 aliphatic carbocycles. The van der Waals surface area contributed by atoms with Gasteiger partial charge in [-0.05, 0) is 63.1 Å². The van der Waals surface area contributed by atoms with Crippen LogP contribution in [0.2, 0.25) is 0 Å². The quantitative estimate of drug-likeness (QED) is 0.670. The first kappa shape index (κ1) is 18.7. The Morgan fingerprint density at radius 1 is 0.778 bits per heavy atom. The maximum Gasteiger partial charge on any atom is 0.161 e. The van der Waals surface area contributed by atoms with Crippen molar-refractivity contribution in [2.45, 2.75) is 27.7 Å². The molecule has 0 aliphatic heterocycles. The number of nitrogen functional groups attached to an aromatic ring is 1. The highest BCUT2D eigenvalue weighted by Gasteiger charge is 2.20. The second-order valence-corrected chi connectivity index (χ2v) is 6.60. The highest BCUT2D eigenvalue weighted by molar-refractivity contribution is 5.82. The number of nitrogens with zero attached hydrogens (tertiary/aromatic N) is 4. The number of anilines is 5. The average Bonchev–Trinajstić information content (AvgIpc) is 2.66. The van der Waals surface area contributed by atoms with Crippen molar-refractivity contribution in [3.05, 3.63) is 66.0 Å². The van der Waals surface area contributed by atoms with Crippen molar-refractivity contribution in [1.82, 2.24) is 9.97 Å². The first-order valence-corrected chi connectivity index (χ1v) is 9.34. The minimum Gasteiger partial charge on any atom is -0.393 e. The Kier molecular flexibility index (Phi) is 5.60. The number of aryl methyl sites for hydroxylation is 2. The second-order valence-electron chi connectivity index (χ2n) is 6.60. The zero-order chi connectivity index (χ0) is 19.4. The molecule has 0 unspecified atom stereocenters. The van der Waals surface area contributed by atoms with Gasteiger partial charge in [-0.25, -0.2) is 9.97 Å². The molecular formula is C22H27N5. The number of hydrogen-bond donors (Lipinski definition) is 1. The molecule has 27 heavy (non-hydrogen) atoms. The van der Waals surface area contributed by atoms with Gasteiger partial charge in [0.05, 0.1) is 0 Å². The fourth-order valence-electron chi connectivity index (χ4n) is 3.31. The summed E-state index contributed by atoms with van der Waals surface area (Å²) in [4.78, 5) is 13.3. The Labute approximate surface area is 161 Å². The van der Waals surface area contributed by atoms with Gasteiger partial charge in [0.1, 0.15) is 12.0 Å². The number of nitrogens with two attached hydrogens (primary N) is 1. The van der Waals surface area contributed by atoms with Gasteiger partial charge in [-0.3, -0.25) is 0 Å². The zero-order valence-corrected chi connectivity index (χ0v) is 16.5. The van der Waals surface area contributed by atoms with E-state index in [0.29, 0.717) is 5.69 Å². The molecule has 0 radical (unpaired) electrons. The van der Waals surface area contributed by atoms with Gasteiger partial charge in [0.2, 0.25) is 0 Å². The molecule has 0 saturated carbocycles. The Morgan fingerprint density at radius 2 is 1.22 bits per heavy atom. The Balaban J connectivity index is 2.07. The largest absolute Gasteiger partial charge is 0.393 e. The van der Waals surface area contributed by atoms with Gasteiger partial charge < -0.3 is 15.5 Å². The van der Waals surface area contributed by atoms with Crippen LogP contribution in [0.4, 0.5) is 28.7 Å². The Morgan fingerprint density at radius 3 is 1.59 bits per heavy atom. The van der Waals surface area contributed by atoms with E-state index < -0.39 is 0 Å². The van der Waals surface area contributed by atoms with Crippen LogP contribution >= 0.6 is 0 Å². The van der Waals surface area contributed by atoms with Gasteiger partial charge in [0, 0.05) is 24.5 Å². The van der Waals surface area contributed by atoms with E-state index in [2.05, 4.69) is 96.0 Å². The third kappa shape index (κ3) is 3.87. The lowest BCUT2D eigenvalue weighted by Crippen LogP contribution is -2.23. The molecule has 3 rings (SSSR count). The van der Waals surface area contributed by atoms with E-state index in [9.17, 15) is 0 Å². The van der Waals surface area contributed by atoms with Crippen molar-refractivity contribution in [2.24, 2.45) is 0 Å². The summed E-state index contributed by atoms with van der Waals surface area (Å²) in [7, 11) is 0. The molecule has 0 bridgehead atoms. The average molecular weight is 361 g/mol. The van der Waals surface area contributed by atoms with Crippen molar-refractivity contribution in [3.63, 3.8) is 0 Å². The predicted molar refractivity (Wildman–Crippen MR) is 114 cm³/mol. The molecule has 0 aliphatic rings. The van der Waals surface area contributed by atoms with Crippen LogP contribution in [0, 0.1) is 13.8 Å². The van der Waals surface area contributed by atoms with Crippen LogP contribution in [-0.4, -0.2) is 23.1 Å². The molecule has 1 heterocycles. The van der Waals surface area contributed by atoms with Crippen molar-refractivity contribution < 1.29 is 0 Å². The molecule has 0 atom stereocenters. The maximum atomic E-state index is 6.58. The summed E-state index contributed by atoms with van der Waals surface area (Å²) in [5, 5.41) is 0. The molecule has 5 nitrogen and oxygen atoms in total. The van der Waals surface area contributed by atoms with E-state index in [1.165, 1.54) is 11.1 Å². The third-order valence-corrected chi connectivity index (χ3v) is 4.61. The molecule has 140 valence electrons. The van der Waals surface area contributed by atoms with Crippen LogP contribution < -0.4 is 15.5 Å². The topological polar surface area (TPSA) is 58.3 Å². The first-order chi connectivity index (χ1) is 13.0. The first-order valence-electron chi connectivity index (χ1n) is 9.34. The smallest absolute Gasteiger partial charge is 0.161 e. The lowest BCUT2D eigenvalue weighted by atomic mass is 10.2. The predicted octanol–water partition coefficient (Wildman–Crippen LogP) is 4.99. The van der Waals surface area contributed by atoms with Crippen LogP contribution in [0.3, 0.4) is 0 Å². The van der Waals surface area contributed by atoms with Crippen LogP contribution in [0.1, 0.15) is 25.0 Å². The molecule has 5 heteroatoms. The molecule has 0 saturated heterocycles. The maximum absolute atomic E-state index is 6.58. The number of rotatable bonds is 6. The monoisotopic (exact) mass is 361 g/mol. The molecule has 2 N–H and O–H groups in total. The molecular weight excluding hydrogens is 334 g/mol. The van der Waals surface area contributed by atoms with E-state index in [1.54, 1.807) is 6.33 Å². The minimum absolute atomic E-state index is 0.587. The SMILES string of the molecule is CCN(c1cccc(C)c1)c1ncnc(N(CC)c2cccc(C)c2)c1N. The molecule has 2 aromatic carbocycles. The van der Waals surface area contributed by atoms with E-state index in [4.69, 9.17) is 5.73 Å². The second kappa shape index (κ2) is 8.08. The molecule has 1 aromatic heterocycles. The molecule has 0 fully saturated rings. The van der Waals surface area contributed by atoms with Gasteiger partial charge in [0.25, 0.3) is 0 Å². The summed E-state index contributed by atoms with van der Waals surface area (Å²) >= 11 is 0.